The number of benzene rings is 1. The maximum absolute atomic E-state index is 13.3. The van der Waals surface area contributed by atoms with Gasteiger partial charge in [0.25, 0.3) is 5.91 Å². The van der Waals surface area contributed by atoms with Crippen molar-refractivity contribution in [3.05, 3.63) is 53.6 Å². The van der Waals surface area contributed by atoms with Crippen molar-refractivity contribution < 1.29 is 23.2 Å². The molecule has 3 aromatic rings. The van der Waals surface area contributed by atoms with E-state index in [-0.39, 0.29) is 29.5 Å². The van der Waals surface area contributed by atoms with Crippen molar-refractivity contribution in [2.24, 2.45) is 0 Å². The van der Waals surface area contributed by atoms with Crippen LogP contribution in [0.25, 0.3) is 11.3 Å². The third-order valence-corrected chi connectivity index (χ3v) is 4.49. The lowest BCUT2D eigenvalue weighted by Crippen LogP contribution is -2.43. The minimum Gasteiger partial charge on any atom is -0.422 e. The fourth-order valence-corrected chi connectivity index (χ4v) is 2.94. The van der Waals surface area contributed by atoms with E-state index in [1.807, 2.05) is 0 Å². The summed E-state index contributed by atoms with van der Waals surface area (Å²) in [6, 6.07) is 7.31. The van der Waals surface area contributed by atoms with Crippen molar-refractivity contribution in [3.63, 3.8) is 0 Å². The minimum atomic E-state index is -0.804. The number of halogens is 1. The summed E-state index contributed by atoms with van der Waals surface area (Å²) >= 11 is 0. The number of aliphatic hydroxyl groups excluding tert-OH is 1. The Hall–Kier alpha value is -3.07. The van der Waals surface area contributed by atoms with Crippen molar-refractivity contribution in [1.82, 2.24) is 20.7 Å². The van der Waals surface area contributed by atoms with Crippen LogP contribution in [0.3, 0.4) is 0 Å². The normalized spacial score (nSPS) is 20.1. The number of hydrogen-bond acceptors (Lipinski definition) is 7. The van der Waals surface area contributed by atoms with Crippen LogP contribution in [0.15, 0.2) is 39.3 Å². The number of aliphatic hydroxyl groups is 1. The van der Waals surface area contributed by atoms with Crippen molar-refractivity contribution in [1.29, 1.82) is 0 Å². The Labute approximate surface area is 153 Å². The number of rotatable bonds is 5. The number of carbonyl (C=O) groups excluding carboxylic acids is 1. The summed E-state index contributed by atoms with van der Waals surface area (Å²) in [7, 11) is 0. The van der Waals surface area contributed by atoms with Crippen LogP contribution in [0.5, 0.6) is 0 Å². The van der Waals surface area contributed by atoms with E-state index >= 15 is 0 Å². The molecule has 27 heavy (non-hydrogen) atoms. The highest BCUT2D eigenvalue weighted by Crippen LogP contribution is 2.36. The van der Waals surface area contributed by atoms with E-state index in [2.05, 4.69) is 20.7 Å². The maximum atomic E-state index is 13.3. The van der Waals surface area contributed by atoms with Crippen molar-refractivity contribution >= 4 is 5.91 Å². The van der Waals surface area contributed by atoms with Gasteiger partial charge in [0.05, 0.1) is 0 Å². The van der Waals surface area contributed by atoms with Gasteiger partial charge in [-0.1, -0.05) is 17.3 Å². The van der Waals surface area contributed by atoms with Crippen LogP contribution in [0, 0.1) is 5.82 Å². The molecular weight excluding hydrogens is 355 g/mol. The number of nitrogens with zero attached hydrogens (tertiary/aromatic N) is 3. The van der Waals surface area contributed by atoms with E-state index in [1.165, 1.54) is 18.2 Å². The second-order valence-corrected chi connectivity index (χ2v) is 6.58. The summed E-state index contributed by atoms with van der Waals surface area (Å²) in [6.45, 7) is 1.55. The maximum Gasteiger partial charge on any atom is 0.273 e. The molecule has 0 saturated heterocycles. The Morgan fingerprint density at radius 1 is 1.33 bits per heavy atom. The molecule has 0 radical (unpaired) electrons. The first-order chi connectivity index (χ1) is 13.0. The van der Waals surface area contributed by atoms with Crippen LogP contribution < -0.4 is 5.32 Å². The van der Waals surface area contributed by atoms with Crippen LogP contribution in [0.4, 0.5) is 4.39 Å². The highest BCUT2D eigenvalue weighted by Gasteiger charge is 2.36. The predicted octanol–water partition coefficient (Wildman–Crippen LogP) is 2.59. The molecule has 1 aromatic carbocycles. The predicted molar refractivity (Wildman–Crippen MR) is 90.1 cm³/mol. The molecule has 1 fully saturated rings. The quantitative estimate of drug-likeness (QED) is 0.707. The zero-order valence-electron chi connectivity index (χ0n) is 14.4. The van der Waals surface area contributed by atoms with E-state index < -0.39 is 11.9 Å². The fourth-order valence-electron chi connectivity index (χ4n) is 2.94. The SMILES string of the molecule is CC(O)c1nnc([C@H]2C[C@H](NC(=O)c3cc(-c4cccc(F)c4)on3)C2)o1. The van der Waals surface area contributed by atoms with E-state index in [0.717, 1.165) is 0 Å². The molecule has 8 nitrogen and oxygen atoms in total. The van der Waals surface area contributed by atoms with Crippen molar-refractivity contribution in [2.45, 2.75) is 37.8 Å². The second-order valence-electron chi connectivity index (χ2n) is 6.58. The molecule has 9 heteroatoms. The summed E-state index contributed by atoms with van der Waals surface area (Å²) in [6.07, 6.45) is 0.505. The van der Waals surface area contributed by atoms with Crippen molar-refractivity contribution in [2.75, 3.05) is 0 Å². The molecule has 1 aliphatic rings. The third-order valence-electron chi connectivity index (χ3n) is 4.49. The van der Waals surface area contributed by atoms with Gasteiger partial charge in [-0.3, -0.25) is 4.79 Å². The van der Waals surface area contributed by atoms with Crippen molar-refractivity contribution in [3.8, 4) is 11.3 Å². The zero-order valence-corrected chi connectivity index (χ0v) is 14.4. The Kier molecular flexibility index (Phi) is 4.44. The standard InChI is InChI=1S/C18H17FN4O4/c1-9(24)17-21-22-18(26-17)11-6-13(7-11)20-16(25)14-8-15(27-23-14)10-3-2-4-12(19)5-10/h2-5,8-9,11,13,24H,6-7H2,1H3,(H,20,25)/t9?,11-,13-. The van der Waals surface area contributed by atoms with Crippen LogP contribution in [-0.2, 0) is 0 Å². The van der Waals surface area contributed by atoms with Gasteiger partial charge in [0.2, 0.25) is 11.8 Å². The summed E-state index contributed by atoms with van der Waals surface area (Å²) < 4.78 is 23.8. The Bertz CT molecular complexity index is 962. The minimum absolute atomic E-state index is 0.0429. The molecule has 0 aliphatic heterocycles. The van der Waals surface area contributed by atoms with Gasteiger partial charge in [-0.2, -0.15) is 0 Å². The van der Waals surface area contributed by atoms with Gasteiger partial charge in [0.1, 0.15) is 11.9 Å². The van der Waals surface area contributed by atoms with E-state index in [1.54, 1.807) is 19.1 Å². The summed E-state index contributed by atoms with van der Waals surface area (Å²) in [5, 5.41) is 23.7. The molecule has 0 bridgehead atoms. The zero-order chi connectivity index (χ0) is 19.0. The fraction of sp³-hybridized carbons (Fsp3) is 0.333. The monoisotopic (exact) mass is 372 g/mol. The molecule has 4 rings (SSSR count). The van der Waals surface area contributed by atoms with Gasteiger partial charge in [-0.05, 0) is 31.9 Å². The van der Waals surface area contributed by atoms with Crippen LogP contribution in [0.2, 0.25) is 0 Å². The molecule has 2 aromatic heterocycles. The topological polar surface area (TPSA) is 114 Å². The molecular formula is C18H17FN4O4. The highest BCUT2D eigenvalue weighted by atomic mass is 19.1. The van der Waals surface area contributed by atoms with Gasteiger partial charge in [0.15, 0.2) is 11.5 Å². The average Bonchev–Trinajstić information content (AvgIpc) is 3.27. The van der Waals surface area contributed by atoms with E-state index in [0.29, 0.717) is 30.1 Å². The van der Waals surface area contributed by atoms with Gasteiger partial charge in [0, 0.05) is 23.6 Å². The molecule has 0 spiro atoms. The van der Waals surface area contributed by atoms with Gasteiger partial charge < -0.3 is 19.4 Å². The molecule has 2 heterocycles. The lowest BCUT2D eigenvalue weighted by molar-refractivity contribution is 0.0892. The first-order valence-corrected chi connectivity index (χ1v) is 8.54. The van der Waals surface area contributed by atoms with E-state index in [9.17, 15) is 14.3 Å². The second kappa shape index (κ2) is 6.92. The molecule has 140 valence electrons. The highest BCUT2D eigenvalue weighted by molar-refractivity contribution is 5.93. The van der Waals surface area contributed by atoms with Gasteiger partial charge >= 0.3 is 0 Å². The summed E-state index contributed by atoms with van der Waals surface area (Å²) in [5.74, 6) is 0.268. The third kappa shape index (κ3) is 3.59. The van der Waals surface area contributed by atoms with Crippen LogP contribution >= 0.6 is 0 Å². The summed E-state index contributed by atoms with van der Waals surface area (Å²) in [5.41, 5.74) is 0.641. The average molecular weight is 372 g/mol. The summed E-state index contributed by atoms with van der Waals surface area (Å²) in [4.78, 5) is 12.3. The van der Waals surface area contributed by atoms with Crippen LogP contribution in [0.1, 0.15) is 54.1 Å². The van der Waals surface area contributed by atoms with Gasteiger partial charge in [-0.15, -0.1) is 10.2 Å². The lowest BCUT2D eigenvalue weighted by Gasteiger charge is -2.33. The first kappa shape index (κ1) is 17.3. The first-order valence-electron chi connectivity index (χ1n) is 8.54. The molecule has 2 N–H and O–H groups in total. The number of carbonyl (C=O) groups is 1. The Morgan fingerprint density at radius 3 is 2.85 bits per heavy atom. The smallest absolute Gasteiger partial charge is 0.273 e. The Morgan fingerprint density at radius 2 is 2.15 bits per heavy atom. The molecule has 1 saturated carbocycles. The largest absolute Gasteiger partial charge is 0.422 e. The molecule has 1 amide bonds. The van der Waals surface area contributed by atoms with E-state index in [4.69, 9.17) is 8.94 Å². The number of amides is 1. The van der Waals surface area contributed by atoms with Crippen LogP contribution in [-0.4, -0.2) is 32.4 Å². The molecule has 1 aliphatic carbocycles. The molecule has 1 atom stereocenters. The number of hydrogen-bond donors (Lipinski definition) is 2. The number of aromatic nitrogens is 3. The lowest BCUT2D eigenvalue weighted by atomic mass is 9.80. The number of nitrogens with one attached hydrogen (secondary N) is 1. The van der Waals surface area contributed by atoms with Gasteiger partial charge in [-0.25, -0.2) is 4.39 Å². The Balaban J connectivity index is 1.34. The molecule has 1 unspecified atom stereocenters.